The van der Waals surface area contributed by atoms with Crippen LogP contribution in [0.25, 0.3) is 0 Å². The number of nitrogens with two attached hydrogens (primary N) is 1. The molecule has 0 saturated carbocycles. The molecular formula is CH2NOPu. The Kier molecular flexibility index (Phi) is 1.95. The second-order valence-corrected chi connectivity index (χ2v) is 1.99. The Morgan fingerprint density at radius 1 is 2.00 bits per heavy atom. The maximum absolute atomic E-state index is 9.28. The summed E-state index contributed by atoms with van der Waals surface area (Å²) in [6.07, 6.45) is 0. The molecule has 0 atom stereocenters. The van der Waals surface area contributed by atoms with E-state index in [0.717, 1.165) is 0 Å². The first kappa shape index (κ1) is 4.46. The quantitative estimate of drug-likeness (QED) is 0.648. The van der Waals surface area contributed by atoms with Gasteiger partial charge in [0.05, 0.1) is 0 Å². The first-order chi connectivity index (χ1) is 1.73. The van der Waals surface area contributed by atoms with Crippen LogP contribution in [0.3, 0.4) is 0 Å². The Morgan fingerprint density at radius 2 is 2.00 bits per heavy atom. The van der Waals surface area contributed by atoms with E-state index in [1.54, 1.807) is 0 Å². The van der Waals surface area contributed by atoms with E-state index in [9.17, 15) is 4.79 Å². The van der Waals surface area contributed by atoms with Crippen molar-refractivity contribution in [1.82, 2.24) is 0 Å². The topological polar surface area (TPSA) is 43.1 Å². The molecule has 0 aromatic carbocycles. The molecule has 0 aliphatic rings. The second kappa shape index (κ2) is 1.75. The molecule has 0 bridgehead atoms. The molecular weight excluding hydrogens is 286 g/mol. The van der Waals surface area contributed by atoms with Crippen molar-refractivity contribution in [1.29, 1.82) is 0 Å². The molecule has 0 fully saturated rings. The third-order valence-electron chi connectivity index (χ3n) is 0. The molecule has 0 saturated heterocycles. The van der Waals surface area contributed by atoms with Crippen LogP contribution in [-0.4, -0.2) is 3.21 Å². The van der Waals surface area contributed by atoms with Gasteiger partial charge in [-0.15, -0.1) is 0 Å². The van der Waals surface area contributed by atoms with E-state index < -0.39 is 0 Å². The van der Waals surface area contributed by atoms with E-state index in [2.05, 4.69) is 5.73 Å². The van der Waals surface area contributed by atoms with Gasteiger partial charge in [-0.05, 0) is 0 Å². The summed E-state index contributed by atoms with van der Waals surface area (Å²) in [7, 11) is 0. The van der Waals surface area contributed by atoms with Crippen LogP contribution < -0.4 is 5.73 Å². The van der Waals surface area contributed by atoms with Gasteiger partial charge in [0.2, 0.25) is 0 Å². The number of primary amides is 1. The van der Waals surface area contributed by atoms with E-state index in [1.165, 1.54) is 0 Å². The zero-order valence-corrected chi connectivity index (χ0v) is 5.29. The van der Waals surface area contributed by atoms with Crippen molar-refractivity contribution in [3.8, 4) is 0 Å². The molecule has 0 unspecified atom stereocenters. The zero-order chi connectivity index (χ0) is 3.58. The van der Waals surface area contributed by atoms with Gasteiger partial charge in [-0.25, -0.2) is 0 Å². The molecule has 0 heterocycles. The average Bonchev–Trinajstić information content (AvgIpc) is 0.811. The Hall–Kier alpha value is 0.457. The molecule has 0 radical (unpaired) electrons. The van der Waals surface area contributed by atoms with Crippen LogP contribution in [0.5, 0.6) is 0 Å². The average molecular weight is 288 g/mol. The summed E-state index contributed by atoms with van der Waals surface area (Å²) in [5.41, 5.74) is 4.53. The van der Waals surface area contributed by atoms with Gasteiger partial charge in [-0.1, -0.05) is 0 Å². The summed E-state index contributed by atoms with van der Waals surface area (Å²) in [5.74, 6) is 0. The van der Waals surface area contributed by atoms with Crippen molar-refractivity contribution in [2.75, 3.05) is 0 Å². The third-order valence-corrected chi connectivity index (χ3v) is 0. The molecule has 0 aromatic heterocycles. The van der Waals surface area contributed by atoms with E-state index in [4.69, 9.17) is 0 Å². The maximum atomic E-state index is 9.28. The van der Waals surface area contributed by atoms with Gasteiger partial charge in [0.1, 0.15) is 0 Å². The summed E-state index contributed by atoms with van der Waals surface area (Å²) in [6.45, 7) is 0. The van der Waals surface area contributed by atoms with Crippen LogP contribution in [-0.2, 0) is 0 Å². The Morgan fingerprint density at radius 3 is 2.00 bits per heavy atom. The van der Waals surface area contributed by atoms with E-state index in [-0.39, 0.29) is 3.21 Å². The monoisotopic (exact) mass is 282 g/mol. The van der Waals surface area contributed by atoms with Gasteiger partial charge in [-0.3, -0.25) is 0 Å². The molecule has 0 rings (SSSR count). The van der Waals surface area contributed by atoms with Crippen LogP contribution in [0.2, 0.25) is 0 Å². The Balaban J connectivity index is 2.80. The van der Waals surface area contributed by atoms with Crippen LogP contribution >= 0.6 is 0 Å². The summed E-state index contributed by atoms with van der Waals surface area (Å²) >= 11 is 0.554. The molecule has 0 aliphatic carbocycles. The zero-order valence-electron chi connectivity index (χ0n) is 1.89. The van der Waals surface area contributed by atoms with E-state index in [1.807, 2.05) is 0 Å². The minimum atomic E-state index is -0.206. The fraction of sp³-hybridized carbons (Fsp3) is 0. The molecule has 4 heavy (non-hydrogen) atoms. The Bertz CT molecular complexity index is 31.0. The number of carbonyl (C=O) groups excluding carboxylic acids is 1. The van der Waals surface area contributed by atoms with E-state index >= 15 is 0 Å². The predicted octanol–water partition coefficient (Wildman–Crippen LogP) is -0.386. The first-order valence-electron chi connectivity index (χ1n) is 0.697. The number of amides is 1. The summed E-state index contributed by atoms with van der Waals surface area (Å²) in [6, 6.07) is 0. The van der Waals surface area contributed by atoms with Crippen molar-refractivity contribution in [2.24, 2.45) is 5.73 Å². The summed E-state index contributed by atoms with van der Waals surface area (Å²) in [4.78, 5) is 9.28. The van der Waals surface area contributed by atoms with Crippen molar-refractivity contribution >= 4 is 3.21 Å². The van der Waals surface area contributed by atoms with Crippen LogP contribution in [0.4, 0.5) is 4.79 Å². The molecule has 3 heteroatoms. The van der Waals surface area contributed by atoms with Crippen molar-refractivity contribution in [3.63, 3.8) is 0 Å². The van der Waals surface area contributed by atoms with Crippen molar-refractivity contribution in [2.45, 2.75) is 0 Å². The van der Waals surface area contributed by atoms with Gasteiger partial charge in [0.15, 0.2) is 0 Å². The minimum absolute atomic E-state index is 0.206. The van der Waals surface area contributed by atoms with E-state index in [0.29, 0.717) is 27.6 Å². The third kappa shape index (κ3) is 25.0. The fourth-order valence-corrected chi connectivity index (χ4v) is 0. The molecule has 0 spiro atoms. The van der Waals surface area contributed by atoms with Gasteiger partial charge in [0, 0.05) is 0 Å². The molecule has 1 amide bonds. The number of carbonyl (C=O) groups is 1. The molecule has 0 aromatic rings. The van der Waals surface area contributed by atoms with Crippen LogP contribution in [0, 0.1) is 27.6 Å². The Labute approximate surface area is 41.5 Å². The van der Waals surface area contributed by atoms with Crippen LogP contribution in [0.15, 0.2) is 0 Å². The number of rotatable bonds is 0. The fourth-order valence-electron chi connectivity index (χ4n) is 0. The SMILES string of the molecule is N[C](=O)[Pu]. The summed E-state index contributed by atoms with van der Waals surface area (Å²) in [5, 5.41) is 0. The number of hydrogen-bond donors (Lipinski definition) is 1. The van der Waals surface area contributed by atoms with Crippen molar-refractivity contribution in [3.05, 3.63) is 0 Å². The van der Waals surface area contributed by atoms with Crippen LogP contribution in [0.1, 0.15) is 0 Å². The van der Waals surface area contributed by atoms with Gasteiger partial charge >= 0.3 is 41.3 Å². The molecule has 0 aliphatic heterocycles. The predicted molar refractivity (Wildman–Crippen MR) is 9.58 cm³/mol. The first-order valence-corrected chi connectivity index (χ1v) is 2.40. The molecule has 2 N–H and O–H groups in total. The second-order valence-electron chi connectivity index (χ2n) is 0.319. The number of hydrogen-bond acceptors (Lipinski definition) is 1. The standard InChI is InChI=1S/CH2NO.Pu/c2-1-3;/h(H2,2,3);. The van der Waals surface area contributed by atoms with Crippen molar-refractivity contribution < 1.29 is 32.4 Å². The van der Waals surface area contributed by atoms with Gasteiger partial charge < -0.3 is 0 Å². The summed E-state index contributed by atoms with van der Waals surface area (Å²) < 4.78 is -0.206. The molecule has 23 valence electrons. The molecule has 2 nitrogen and oxygen atoms in total. The van der Waals surface area contributed by atoms with Gasteiger partial charge in [-0.2, -0.15) is 0 Å². The van der Waals surface area contributed by atoms with Gasteiger partial charge in [0.25, 0.3) is 0 Å². The normalized spacial score (nSPS) is 6.50.